The average molecular weight is 211 g/mol. The molecule has 0 aromatic heterocycles. The summed E-state index contributed by atoms with van der Waals surface area (Å²) in [6.07, 6.45) is 2.56. The van der Waals surface area contributed by atoms with Gasteiger partial charge in [-0.3, -0.25) is 0 Å². The highest BCUT2D eigenvalue weighted by atomic mass is 16.5. The molecule has 0 heterocycles. The van der Waals surface area contributed by atoms with Crippen molar-refractivity contribution in [2.24, 2.45) is 0 Å². The predicted molar refractivity (Wildman–Crippen MR) is 56.2 cm³/mol. The third kappa shape index (κ3) is 3.02. The van der Waals surface area contributed by atoms with Crippen LogP contribution >= 0.6 is 0 Å². The van der Waals surface area contributed by atoms with E-state index in [-0.39, 0.29) is 0 Å². The highest BCUT2D eigenvalue weighted by Crippen LogP contribution is 2.27. The topological polar surface area (TPSA) is 55.8 Å². The monoisotopic (exact) mass is 211 g/mol. The molecule has 1 aromatic carbocycles. The van der Waals surface area contributed by atoms with E-state index in [9.17, 15) is 4.79 Å². The molecule has 1 aromatic rings. The number of hydrogen-bond acceptors (Lipinski definition) is 3. The molecule has 0 aliphatic heterocycles. The fraction of sp³-hybridized carbons (Fsp3) is 0.182. The van der Waals surface area contributed by atoms with Crippen LogP contribution in [0.25, 0.3) is 6.08 Å². The summed E-state index contributed by atoms with van der Waals surface area (Å²) in [7, 11) is 3.08. The van der Waals surface area contributed by atoms with Crippen LogP contribution in [0, 0.1) is 0 Å². The fourth-order valence-electron chi connectivity index (χ4n) is 1.12. The second-order valence-electron chi connectivity index (χ2n) is 2.79. The number of aliphatic carboxylic acids is 1. The van der Waals surface area contributed by atoms with Gasteiger partial charge in [0.1, 0.15) is 0 Å². The third-order valence-corrected chi connectivity index (χ3v) is 1.83. The van der Waals surface area contributed by atoms with Gasteiger partial charge in [0, 0.05) is 6.08 Å². The first-order chi connectivity index (χ1) is 7.17. The lowest BCUT2D eigenvalue weighted by atomic mass is 10.2. The SMILES string of the molecule is COc1ccc(/[13CH]=[13CH]/[13C](=O)O)cc1OC. The highest BCUT2D eigenvalue weighted by molar-refractivity contribution is 5.85. The zero-order chi connectivity index (χ0) is 11.3. The second kappa shape index (κ2) is 5.05. The van der Waals surface area contributed by atoms with Crippen molar-refractivity contribution < 1.29 is 19.4 Å². The number of benzene rings is 1. The van der Waals surface area contributed by atoms with Crippen molar-refractivity contribution in [2.75, 3.05) is 14.2 Å². The van der Waals surface area contributed by atoms with E-state index < -0.39 is 5.97 Å². The molecule has 15 heavy (non-hydrogen) atoms. The Bertz CT molecular complexity index is 382. The van der Waals surface area contributed by atoms with Crippen molar-refractivity contribution in [3.8, 4) is 11.5 Å². The van der Waals surface area contributed by atoms with E-state index in [1.165, 1.54) is 13.2 Å². The van der Waals surface area contributed by atoms with Gasteiger partial charge in [0.2, 0.25) is 0 Å². The van der Waals surface area contributed by atoms with E-state index in [0.717, 1.165) is 11.6 Å². The van der Waals surface area contributed by atoms with Crippen LogP contribution in [0.1, 0.15) is 5.56 Å². The molecule has 4 nitrogen and oxygen atoms in total. The van der Waals surface area contributed by atoms with Gasteiger partial charge in [-0.05, 0) is 23.8 Å². The number of hydrogen-bond donors (Lipinski definition) is 1. The lowest BCUT2D eigenvalue weighted by molar-refractivity contribution is -0.131. The molecule has 0 saturated heterocycles. The first-order valence-electron chi connectivity index (χ1n) is 4.30. The Morgan fingerprint density at radius 3 is 2.47 bits per heavy atom. The smallest absolute Gasteiger partial charge is 0.328 e. The van der Waals surface area contributed by atoms with Gasteiger partial charge in [-0.15, -0.1) is 0 Å². The maximum absolute atomic E-state index is 10.3. The van der Waals surface area contributed by atoms with E-state index in [1.807, 2.05) is 0 Å². The van der Waals surface area contributed by atoms with Gasteiger partial charge in [0.05, 0.1) is 14.2 Å². The average Bonchev–Trinajstić information content (AvgIpc) is 2.25. The summed E-state index contributed by atoms with van der Waals surface area (Å²) in [5.41, 5.74) is 0.745. The Kier molecular flexibility index (Phi) is 3.74. The minimum absolute atomic E-state index is 0.574. The number of carbonyl (C=O) groups is 1. The van der Waals surface area contributed by atoms with E-state index in [4.69, 9.17) is 14.6 Å². The van der Waals surface area contributed by atoms with Gasteiger partial charge in [-0.25, -0.2) is 4.79 Å². The van der Waals surface area contributed by atoms with Gasteiger partial charge >= 0.3 is 5.97 Å². The predicted octanol–water partition coefficient (Wildman–Crippen LogP) is 1.80. The molecule has 0 atom stereocenters. The van der Waals surface area contributed by atoms with Crippen LogP contribution in [0.15, 0.2) is 24.3 Å². The zero-order valence-corrected chi connectivity index (χ0v) is 8.56. The summed E-state index contributed by atoms with van der Waals surface area (Å²) in [6.45, 7) is 0. The molecule has 0 bridgehead atoms. The molecule has 0 unspecified atom stereocenters. The van der Waals surface area contributed by atoms with Crippen LogP contribution < -0.4 is 9.47 Å². The highest BCUT2D eigenvalue weighted by Gasteiger charge is 2.02. The Balaban J connectivity index is 2.97. The number of carboxylic acid groups (broad SMARTS) is 1. The summed E-state index contributed by atoms with van der Waals surface area (Å²) >= 11 is 0. The summed E-state index contributed by atoms with van der Waals surface area (Å²) in [4.78, 5) is 10.3. The molecule has 0 radical (unpaired) electrons. The normalized spacial score (nSPS) is 10.3. The molecule has 0 aliphatic carbocycles. The first kappa shape index (κ1) is 11.1. The molecule has 1 N–H and O–H groups in total. The lowest BCUT2D eigenvalue weighted by Gasteiger charge is -2.07. The van der Waals surface area contributed by atoms with Gasteiger partial charge in [-0.1, -0.05) is 6.07 Å². The molecule has 0 aliphatic rings. The molecule has 80 valence electrons. The number of carboxylic acids is 1. The largest absolute Gasteiger partial charge is 0.493 e. The van der Waals surface area contributed by atoms with Gasteiger partial charge in [0.15, 0.2) is 11.5 Å². The second-order valence-corrected chi connectivity index (χ2v) is 2.79. The quantitative estimate of drug-likeness (QED) is 0.609. The molecule has 4 heteroatoms. The Hall–Kier alpha value is -1.97. The maximum Gasteiger partial charge on any atom is 0.328 e. The summed E-state index contributed by atoms with van der Waals surface area (Å²) < 4.78 is 10.1. The minimum Gasteiger partial charge on any atom is -0.493 e. The van der Waals surface area contributed by atoms with E-state index in [2.05, 4.69) is 0 Å². The minimum atomic E-state index is -0.982. The summed E-state index contributed by atoms with van der Waals surface area (Å²) in [5.74, 6) is 0.208. The molecule has 0 amide bonds. The molecular formula is C11H12O4. The van der Waals surface area contributed by atoms with Crippen molar-refractivity contribution in [1.82, 2.24) is 0 Å². The van der Waals surface area contributed by atoms with Crippen LogP contribution in [0.3, 0.4) is 0 Å². The molecule has 1 rings (SSSR count). The standard InChI is InChI=1S/C11H12O4/c1-14-9-5-3-8(4-6-11(12)13)7-10(9)15-2/h3-7H,1-2H3,(H,12,13)/b6-4+/i4+1,6+1,11+1. The van der Waals surface area contributed by atoms with Gasteiger partial charge in [-0.2, -0.15) is 0 Å². The van der Waals surface area contributed by atoms with Crippen molar-refractivity contribution >= 4 is 12.0 Å². The molecule has 0 saturated carbocycles. The third-order valence-electron chi connectivity index (χ3n) is 1.83. The van der Waals surface area contributed by atoms with E-state index >= 15 is 0 Å². The molecule has 0 spiro atoms. The van der Waals surface area contributed by atoms with Gasteiger partial charge in [0.25, 0.3) is 0 Å². The molecular weight excluding hydrogens is 199 g/mol. The lowest BCUT2D eigenvalue weighted by Crippen LogP contribution is -1.91. The van der Waals surface area contributed by atoms with Gasteiger partial charge < -0.3 is 14.6 Å². The number of methoxy groups -OCH3 is 2. The Morgan fingerprint density at radius 1 is 1.27 bits per heavy atom. The summed E-state index contributed by atoms with van der Waals surface area (Å²) in [6, 6.07) is 5.18. The Labute approximate surface area is 87.7 Å². The van der Waals surface area contributed by atoms with Crippen LogP contribution in [-0.4, -0.2) is 25.3 Å². The summed E-state index contributed by atoms with van der Waals surface area (Å²) in [5, 5.41) is 8.46. The van der Waals surface area contributed by atoms with E-state index in [1.54, 1.807) is 25.3 Å². The van der Waals surface area contributed by atoms with Crippen molar-refractivity contribution in [2.45, 2.75) is 0 Å². The van der Waals surface area contributed by atoms with E-state index in [0.29, 0.717) is 11.5 Å². The van der Waals surface area contributed by atoms with Crippen LogP contribution in [-0.2, 0) is 4.79 Å². The number of rotatable bonds is 4. The Morgan fingerprint density at radius 2 is 1.93 bits per heavy atom. The first-order valence-corrected chi connectivity index (χ1v) is 4.30. The number of ether oxygens (including phenoxy) is 2. The van der Waals surface area contributed by atoms with Crippen LogP contribution in [0.2, 0.25) is 0 Å². The fourth-order valence-corrected chi connectivity index (χ4v) is 1.12. The maximum atomic E-state index is 10.3. The van der Waals surface area contributed by atoms with Crippen molar-refractivity contribution in [3.63, 3.8) is 0 Å². The molecule has 0 fully saturated rings. The van der Waals surface area contributed by atoms with Crippen LogP contribution in [0.5, 0.6) is 11.5 Å². The zero-order valence-electron chi connectivity index (χ0n) is 8.56. The van der Waals surface area contributed by atoms with Crippen LogP contribution in [0.4, 0.5) is 0 Å². The van der Waals surface area contributed by atoms with Crippen molar-refractivity contribution in [1.29, 1.82) is 0 Å². The van der Waals surface area contributed by atoms with Crippen molar-refractivity contribution in [3.05, 3.63) is 29.8 Å².